The van der Waals surface area contributed by atoms with E-state index in [1.807, 2.05) is 30.5 Å². The molecule has 84 valence electrons. The number of nitrogens with two attached hydrogens (primary N) is 1. The molecular weight excluding hydrogens is 286 g/mol. The van der Waals surface area contributed by atoms with E-state index in [1.165, 1.54) is 5.56 Å². The quantitative estimate of drug-likeness (QED) is 0.867. The molecule has 2 rings (SSSR count). The van der Waals surface area contributed by atoms with Crippen LogP contribution >= 0.6 is 28.1 Å². The van der Waals surface area contributed by atoms with Crippen LogP contribution in [0.3, 0.4) is 0 Å². The number of imidazole rings is 1. The van der Waals surface area contributed by atoms with Gasteiger partial charge in [0.05, 0.1) is 20.8 Å². The van der Waals surface area contributed by atoms with Gasteiger partial charge in [0.1, 0.15) is 0 Å². The summed E-state index contributed by atoms with van der Waals surface area (Å²) in [5, 5.41) is 0. The topological polar surface area (TPSA) is 43.3 Å². The summed E-state index contributed by atoms with van der Waals surface area (Å²) in [4.78, 5) is 5.00. The zero-order chi connectivity index (χ0) is 11.9. The number of rotatable bonds is 2. The van der Waals surface area contributed by atoms with Crippen LogP contribution in [-0.4, -0.2) is 14.4 Å². The van der Waals surface area contributed by atoms with Crippen molar-refractivity contribution in [1.29, 1.82) is 0 Å². The van der Waals surface area contributed by atoms with E-state index < -0.39 is 0 Å². The minimum Gasteiger partial charge on any atom is -0.393 e. The van der Waals surface area contributed by atoms with Crippen LogP contribution in [0.25, 0.3) is 5.65 Å². The lowest BCUT2D eigenvalue weighted by Crippen LogP contribution is -2.13. The molecule has 2 heterocycles. The average molecular weight is 298 g/mol. The van der Waals surface area contributed by atoms with Gasteiger partial charge in [-0.3, -0.25) is 0 Å². The van der Waals surface area contributed by atoms with Gasteiger partial charge in [0.2, 0.25) is 0 Å². The van der Waals surface area contributed by atoms with Crippen molar-refractivity contribution >= 4 is 38.8 Å². The van der Waals surface area contributed by atoms with E-state index in [1.54, 1.807) is 0 Å². The molecule has 0 spiro atoms. The first-order chi connectivity index (χ1) is 7.49. The smallest absolute Gasteiger partial charge is 0.151 e. The van der Waals surface area contributed by atoms with Crippen LogP contribution in [0.2, 0.25) is 0 Å². The fraction of sp³-hybridized carbons (Fsp3) is 0.273. The first kappa shape index (κ1) is 11.5. The van der Waals surface area contributed by atoms with Crippen LogP contribution in [0.5, 0.6) is 0 Å². The van der Waals surface area contributed by atoms with Crippen LogP contribution in [0, 0.1) is 13.8 Å². The van der Waals surface area contributed by atoms with Crippen LogP contribution < -0.4 is 5.73 Å². The van der Waals surface area contributed by atoms with E-state index in [2.05, 4.69) is 20.9 Å². The molecule has 2 aromatic rings. The zero-order valence-electron chi connectivity index (χ0n) is 9.12. The Morgan fingerprint density at radius 1 is 1.56 bits per heavy atom. The predicted octanol–water partition coefficient (Wildman–Crippen LogP) is 2.54. The van der Waals surface area contributed by atoms with Gasteiger partial charge in [-0.05, 0) is 41.4 Å². The minimum atomic E-state index is 0.488. The summed E-state index contributed by atoms with van der Waals surface area (Å²) in [5.41, 5.74) is 9.71. The van der Waals surface area contributed by atoms with Crippen molar-refractivity contribution in [2.45, 2.75) is 20.3 Å². The number of thiocarbonyl (C=S) groups is 1. The number of pyridine rings is 1. The average Bonchev–Trinajstić information content (AvgIpc) is 2.45. The number of halogens is 1. The van der Waals surface area contributed by atoms with Crippen molar-refractivity contribution in [3.8, 4) is 0 Å². The molecular formula is C11H12BrN3S. The molecule has 0 saturated heterocycles. The summed E-state index contributed by atoms with van der Waals surface area (Å²) in [7, 11) is 0. The molecule has 2 N–H and O–H groups in total. The van der Waals surface area contributed by atoms with E-state index >= 15 is 0 Å². The maximum Gasteiger partial charge on any atom is 0.151 e. The maximum absolute atomic E-state index is 5.60. The summed E-state index contributed by atoms with van der Waals surface area (Å²) < 4.78 is 3.04. The molecule has 0 radical (unpaired) electrons. The van der Waals surface area contributed by atoms with Crippen LogP contribution in [0.15, 0.2) is 16.7 Å². The van der Waals surface area contributed by atoms with E-state index in [4.69, 9.17) is 18.0 Å². The molecule has 0 fully saturated rings. The van der Waals surface area contributed by atoms with E-state index in [9.17, 15) is 0 Å². The highest BCUT2D eigenvalue weighted by Gasteiger charge is 2.11. The Balaban J connectivity index is 2.73. The second kappa shape index (κ2) is 4.14. The van der Waals surface area contributed by atoms with Crippen molar-refractivity contribution in [2.75, 3.05) is 0 Å². The van der Waals surface area contributed by atoms with Crippen molar-refractivity contribution in [3.05, 3.63) is 33.7 Å². The predicted molar refractivity (Wildman–Crippen MR) is 72.9 cm³/mol. The Kier molecular flexibility index (Phi) is 2.99. The van der Waals surface area contributed by atoms with E-state index in [0.29, 0.717) is 11.4 Å². The van der Waals surface area contributed by atoms with Gasteiger partial charge >= 0.3 is 0 Å². The lowest BCUT2D eigenvalue weighted by Gasteiger charge is -2.04. The van der Waals surface area contributed by atoms with Crippen LogP contribution in [0.1, 0.15) is 17.0 Å². The highest BCUT2D eigenvalue weighted by Crippen LogP contribution is 2.22. The Labute approximate surface area is 108 Å². The molecule has 0 saturated carbocycles. The van der Waals surface area contributed by atoms with Gasteiger partial charge in [-0.15, -0.1) is 0 Å². The molecule has 0 unspecified atom stereocenters. The molecule has 2 aromatic heterocycles. The highest BCUT2D eigenvalue weighted by atomic mass is 79.9. The molecule has 0 aliphatic heterocycles. The summed E-state index contributed by atoms with van der Waals surface area (Å²) in [6.07, 6.45) is 2.63. The highest BCUT2D eigenvalue weighted by molar-refractivity contribution is 9.10. The third kappa shape index (κ3) is 1.97. The van der Waals surface area contributed by atoms with Gasteiger partial charge in [-0.25, -0.2) is 4.98 Å². The molecule has 3 nitrogen and oxygen atoms in total. The number of aromatic nitrogens is 2. The molecule has 0 aromatic carbocycles. The lowest BCUT2D eigenvalue weighted by molar-refractivity contribution is 1.04. The van der Waals surface area contributed by atoms with Crippen LogP contribution in [-0.2, 0) is 6.42 Å². The number of aryl methyl sites for hydroxylation is 2. The van der Waals surface area contributed by atoms with Crippen molar-refractivity contribution < 1.29 is 0 Å². The zero-order valence-corrected chi connectivity index (χ0v) is 11.5. The molecule has 5 heteroatoms. The fourth-order valence-electron chi connectivity index (χ4n) is 1.77. The normalized spacial score (nSPS) is 10.9. The summed E-state index contributed by atoms with van der Waals surface area (Å²) >= 11 is 8.47. The monoisotopic (exact) mass is 297 g/mol. The Morgan fingerprint density at radius 3 is 2.88 bits per heavy atom. The first-order valence-electron chi connectivity index (χ1n) is 4.91. The third-order valence-corrected chi connectivity index (χ3v) is 3.18. The lowest BCUT2D eigenvalue weighted by atomic mass is 10.2. The van der Waals surface area contributed by atoms with Gasteiger partial charge in [0.15, 0.2) is 5.65 Å². The SMILES string of the molecule is Cc1cc(Br)c2nc(C)c(CC(N)=S)n2c1. The van der Waals surface area contributed by atoms with Crippen molar-refractivity contribution in [1.82, 2.24) is 9.38 Å². The molecule has 0 atom stereocenters. The van der Waals surface area contributed by atoms with Crippen molar-refractivity contribution in [3.63, 3.8) is 0 Å². The summed E-state index contributed by atoms with van der Waals surface area (Å²) in [6, 6.07) is 2.05. The van der Waals surface area contributed by atoms with Gasteiger partial charge in [-0.2, -0.15) is 0 Å². The summed E-state index contributed by atoms with van der Waals surface area (Å²) in [6.45, 7) is 4.02. The summed E-state index contributed by atoms with van der Waals surface area (Å²) in [5.74, 6) is 0. The van der Waals surface area contributed by atoms with Gasteiger partial charge in [-0.1, -0.05) is 12.2 Å². The molecule has 16 heavy (non-hydrogen) atoms. The standard InChI is InChI=1S/C11H12BrN3S/c1-6-3-8(12)11-14-7(2)9(4-10(13)16)15(11)5-6/h3,5H,4H2,1-2H3,(H2,13,16). The Hall–Kier alpha value is -0.940. The Morgan fingerprint density at radius 2 is 2.25 bits per heavy atom. The number of nitrogens with zero attached hydrogens (tertiary/aromatic N) is 2. The number of fused-ring (bicyclic) bond motifs is 1. The van der Waals surface area contributed by atoms with Gasteiger partial charge in [0, 0.05) is 12.6 Å². The third-order valence-electron chi connectivity index (χ3n) is 2.45. The molecule has 0 aliphatic rings. The van der Waals surface area contributed by atoms with Crippen LogP contribution in [0.4, 0.5) is 0 Å². The number of hydrogen-bond donors (Lipinski definition) is 1. The Bertz CT molecular complexity index is 574. The number of hydrogen-bond acceptors (Lipinski definition) is 2. The van der Waals surface area contributed by atoms with Gasteiger partial charge in [0.25, 0.3) is 0 Å². The van der Waals surface area contributed by atoms with E-state index in [-0.39, 0.29) is 0 Å². The minimum absolute atomic E-state index is 0.488. The maximum atomic E-state index is 5.60. The van der Waals surface area contributed by atoms with Crippen molar-refractivity contribution in [2.24, 2.45) is 5.73 Å². The second-order valence-corrected chi connectivity index (χ2v) is 5.22. The van der Waals surface area contributed by atoms with Gasteiger partial charge < -0.3 is 10.1 Å². The van der Waals surface area contributed by atoms with E-state index in [0.717, 1.165) is 21.5 Å². The molecule has 0 aliphatic carbocycles. The molecule has 0 amide bonds. The first-order valence-corrected chi connectivity index (χ1v) is 6.11. The fourth-order valence-corrected chi connectivity index (χ4v) is 2.55. The molecule has 0 bridgehead atoms. The second-order valence-electron chi connectivity index (χ2n) is 3.85. The largest absolute Gasteiger partial charge is 0.393 e.